The number of nitrogens with zero attached hydrogens (tertiary/aromatic N) is 1. The van der Waals surface area contributed by atoms with Crippen molar-refractivity contribution < 1.29 is 14.3 Å². The van der Waals surface area contributed by atoms with Crippen molar-refractivity contribution in [2.45, 2.75) is 38.5 Å². The molecule has 0 saturated heterocycles. The molecule has 1 heterocycles. The lowest BCUT2D eigenvalue weighted by molar-refractivity contribution is 0.0690. The summed E-state index contributed by atoms with van der Waals surface area (Å²) in [6, 6.07) is 0.300. The van der Waals surface area contributed by atoms with Crippen LogP contribution in [0.25, 0.3) is 0 Å². The molecule has 0 aliphatic heterocycles. The van der Waals surface area contributed by atoms with Gasteiger partial charge in [0, 0.05) is 6.54 Å². The highest BCUT2D eigenvalue weighted by Crippen LogP contribution is 2.28. The quantitative estimate of drug-likeness (QED) is 0.745. The first kappa shape index (κ1) is 12.0. The minimum atomic E-state index is -1.06. The van der Waals surface area contributed by atoms with Crippen LogP contribution in [0.5, 0.6) is 0 Å². The fraction of sp³-hybridized carbons (Fsp3) is 0.667. The van der Waals surface area contributed by atoms with Crippen LogP contribution >= 0.6 is 0 Å². The van der Waals surface area contributed by atoms with E-state index < -0.39 is 5.97 Å². The number of anilines is 1. The molecule has 1 fully saturated rings. The zero-order valence-corrected chi connectivity index (χ0v) is 9.82. The molecule has 0 atom stereocenters. The molecular formula is C12H18N2O3. The second-order valence-corrected chi connectivity index (χ2v) is 4.56. The molecule has 1 aromatic heterocycles. The zero-order chi connectivity index (χ0) is 12.1. The molecule has 0 radical (unpaired) electrons. The fourth-order valence-electron chi connectivity index (χ4n) is 2.34. The van der Waals surface area contributed by atoms with Crippen LogP contribution < -0.4 is 5.32 Å². The normalized spacial score (nSPS) is 16.2. The second-order valence-electron chi connectivity index (χ2n) is 4.56. The molecular weight excluding hydrogens is 220 g/mol. The predicted octanol–water partition coefficient (Wildman–Crippen LogP) is 2.76. The average molecular weight is 238 g/mol. The maximum Gasteiger partial charge on any atom is 0.357 e. The third-order valence-electron chi connectivity index (χ3n) is 3.26. The summed E-state index contributed by atoms with van der Waals surface area (Å²) >= 11 is 0. The lowest BCUT2D eigenvalue weighted by atomic mass is 10.0. The Morgan fingerprint density at radius 3 is 2.94 bits per heavy atom. The molecule has 2 N–H and O–H groups in total. The van der Waals surface area contributed by atoms with Crippen molar-refractivity contribution in [2.24, 2.45) is 5.92 Å². The van der Waals surface area contributed by atoms with E-state index in [9.17, 15) is 4.79 Å². The Bertz CT molecular complexity index is 370. The van der Waals surface area contributed by atoms with Crippen molar-refractivity contribution in [1.29, 1.82) is 0 Å². The lowest BCUT2D eigenvalue weighted by Gasteiger charge is -2.07. The van der Waals surface area contributed by atoms with Gasteiger partial charge in [-0.15, -0.1) is 0 Å². The molecule has 5 nitrogen and oxygen atoms in total. The van der Waals surface area contributed by atoms with Gasteiger partial charge in [-0.1, -0.05) is 25.7 Å². The Morgan fingerprint density at radius 2 is 2.29 bits per heavy atom. The Hall–Kier alpha value is -1.52. The number of rotatable bonds is 6. The Balaban J connectivity index is 1.65. The molecule has 0 unspecified atom stereocenters. The smallest absolute Gasteiger partial charge is 0.357 e. The van der Waals surface area contributed by atoms with Crippen molar-refractivity contribution in [2.75, 3.05) is 11.9 Å². The van der Waals surface area contributed by atoms with Crippen LogP contribution in [-0.2, 0) is 0 Å². The molecule has 2 rings (SSSR count). The molecule has 0 aromatic carbocycles. The van der Waals surface area contributed by atoms with Gasteiger partial charge in [-0.2, -0.15) is 4.98 Å². The van der Waals surface area contributed by atoms with Gasteiger partial charge in [0.25, 0.3) is 6.01 Å². The van der Waals surface area contributed by atoms with Crippen LogP contribution in [0.15, 0.2) is 10.7 Å². The van der Waals surface area contributed by atoms with E-state index in [1.54, 1.807) is 0 Å². The average Bonchev–Trinajstić information content (AvgIpc) is 2.96. The fourth-order valence-corrected chi connectivity index (χ4v) is 2.34. The van der Waals surface area contributed by atoms with E-state index in [0.717, 1.165) is 25.1 Å². The molecule has 0 amide bonds. The monoisotopic (exact) mass is 238 g/mol. The van der Waals surface area contributed by atoms with Crippen molar-refractivity contribution in [3.8, 4) is 0 Å². The summed E-state index contributed by atoms with van der Waals surface area (Å²) in [5.74, 6) is -0.177. The van der Waals surface area contributed by atoms with Crippen molar-refractivity contribution in [3.05, 3.63) is 12.0 Å². The number of carboxylic acid groups (broad SMARTS) is 1. The van der Waals surface area contributed by atoms with Gasteiger partial charge in [0.15, 0.2) is 5.69 Å². The van der Waals surface area contributed by atoms with Crippen molar-refractivity contribution in [1.82, 2.24) is 4.98 Å². The topological polar surface area (TPSA) is 75.4 Å². The van der Waals surface area contributed by atoms with Crippen molar-refractivity contribution in [3.63, 3.8) is 0 Å². The van der Waals surface area contributed by atoms with E-state index in [-0.39, 0.29) is 5.69 Å². The number of oxazole rings is 1. The van der Waals surface area contributed by atoms with Crippen LogP contribution in [0.3, 0.4) is 0 Å². The van der Waals surface area contributed by atoms with E-state index in [1.165, 1.54) is 32.1 Å². The second kappa shape index (κ2) is 5.70. The maximum atomic E-state index is 10.6. The molecule has 1 saturated carbocycles. The van der Waals surface area contributed by atoms with E-state index in [4.69, 9.17) is 9.52 Å². The van der Waals surface area contributed by atoms with Gasteiger partial charge in [0.05, 0.1) is 0 Å². The first-order valence-corrected chi connectivity index (χ1v) is 6.18. The predicted molar refractivity (Wildman–Crippen MR) is 63.1 cm³/mol. The van der Waals surface area contributed by atoms with Gasteiger partial charge in [-0.25, -0.2) is 4.79 Å². The minimum Gasteiger partial charge on any atom is -0.476 e. The highest BCUT2D eigenvalue weighted by Gasteiger charge is 2.14. The molecule has 0 spiro atoms. The Morgan fingerprint density at radius 1 is 1.53 bits per heavy atom. The highest BCUT2D eigenvalue weighted by molar-refractivity contribution is 5.85. The van der Waals surface area contributed by atoms with E-state index >= 15 is 0 Å². The van der Waals surface area contributed by atoms with E-state index in [1.807, 2.05) is 0 Å². The van der Waals surface area contributed by atoms with Gasteiger partial charge in [-0.05, 0) is 18.8 Å². The van der Waals surface area contributed by atoms with E-state index in [0.29, 0.717) is 6.01 Å². The summed E-state index contributed by atoms with van der Waals surface area (Å²) < 4.78 is 4.99. The summed E-state index contributed by atoms with van der Waals surface area (Å²) in [5, 5.41) is 11.7. The van der Waals surface area contributed by atoms with Gasteiger partial charge in [0.1, 0.15) is 6.26 Å². The van der Waals surface area contributed by atoms with Crippen molar-refractivity contribution >= 4 is 12.0 Å². The minimum absolute atomic E-state index is 0.0525. The van der Waals surface area contributed by atoms with Gasteiger partial charge in [0.2, 0.25) is 0 Å². The van der Waals surface area contributed by atoms with Gasteiger partial charge < -0.3 is 14.8 Å². The largest absolute Gasteiger partial charge is 0.476 e. The summed E-state index contributed by atoms with van der Waals surface area (Å²) in [4.78, 5) is 14.4. The Kier molecular flexibility index (Phi) is 4.01. The Labute approximate surface area is 100 Å². The SMILES string of the molecule is O=C(O)c1coc(NCCCC2CCCC2)n1. The number of aromatic carboxylic acids is 1. The number of carbonyl (C=O) groups is 1. The molecule has 0 bridgehead atoms. The van der Waals surface area contributed by atoms with E-state index in [2.05, 4.69) is 10.3 Å². The molecule has 1 aliphatic carbocycles. The zero-order valence-electron chi connectivity index (χ0n) is 9.82. The highest BCUT2D eigenvalue weighted by atomic mass is 16.4. The maximum absolute atomic E-state index is 10.6. The van der Waals surface area contributed by atoms with Gasteiger partial charge >= 0.3 is 5.97 Å². The lowest BCUT2D eigenvalue weighted by Crippen LogP contribution is -2.05. The number of aromatic nitrogens is 1. The number of hydrogen-bond donors (Lipinski definition) is 2. The molecule has 5 heteroatoms. The number of nitrogens with one attached hydrogen (secondary N) is 1. The van der Waals surface area contributed by atoms with Gasteiger partial charge in [-0.3, -0.25) is 0 Å². The van der Waals surface area contributed by atoms with Crippen LogP contribution in [0.2, 0.25) is 0 Å². The van der Waals surface area contributed by atoms with Crippen LogP contribution in [-0.4, -0.2) is 22.6 Å². The summed E-state index contributed by atoms with van der Waals surface area (Å²) in [6.07, 6.45) is 8.94. The van der Waals surface area contributed by atoms with Crippen LogP contribution in [0.1, 0.15) is 49.0 Å². The van der Waals surface area contributed by atoms with Crippen LogP contribution in [0.4, 0.5) is 6.01 Å². The number of hydrogen-bond acceptors (Lipinski definition) is 4. The standard InChI is InChI=1S/C12H18N2O3/c15-11(16)10-8-17-12(14-10)13-7-3-6-9-4-1-2-5-9/h8-9H,1-7H2,(H,13,14)(H,15,16). The third kappa shape index (κ3) is 3.47. The molecule has 1 aromatic rings. The number of carboxylic acids is 1. The summed E-state index contributed by atoms with van der Waals surface area (Å²) in [6.45, 7) is 0.788. The molecule has 1 aliphatic rings. The first-order valence-electron chi connectivity index (χ1n) is 6.18. The van der Waals surface area contributed by atoms with Crippen LogP contribution in [0, 0.1) is 5.92 Å². The first-order chi connectivity index (χ1) is 8.25. The summed E-state index contributed by atoms with van der Waals surface area (Å²) in [7, 11) is 0. The third-order valence-corrected chi connectivity index (χ3v) is 3.26. The summed E-state index contributed by atoms with van der Waals surface area (Å²) in [5.41, 5.74) is -0.0525. The molecule has 17 heavy (non-hydrogen) atoms. The molecule has 94 valence electrons.